The highest BCUT2D eigenvalue weighted by Gasteiger charge is 2.41. The van der Waals surface area contributed by atoms with Crippen LogP contribution >= 0.6 is 0 Å². The zero-order valence-corrected chi connectivity index (χ0v) is 20.1. The number of rotatable bonds is 6. The van der Waals surface area contributed by atoms with Crippen molar-refractivity contribution < 1.29 is 24.2 Å². The highest BCUT2D eigenvalue weighted by molar-refractivity contribution is 5.92. The quantitative estimate of drug-likeness (QED) is 0.634. The molecule has 0 aliphatic heterocycles. The van der Waals surface area contributed by atoms with E-state index in [0.717, 1.165) is 0 Å². The summed E-state index contributed by atoms with van der Waals surface area (Å²) in [5.74, 6) is -0.847. The minimum absolute atomic E-state index is 0.0129. The van der Waals surface area contributed by atoms with E-state index < -0.39 is 35.2 Å². The van der Waals surface area contributed by atoms with E-state index >= 15 is 0 Å². The van der Waals surface area contributed by atoms with E-state index in [1.807, 2.05) is 34.6 Å². The van der Waals surface area contributed by atoms with Gasteiger partial charge < -0.3 is 25.4 Å². The number of phenols is 1. The largest absolute Gasteiger partial charge is 0.508 e. The van der Waals surface area contributed by atoms with E-state index in [0.29, 0.717) is 5.56 Å². The summed E-state index contributed by atoms with van der Waals surface area (Å²) in [7, 11) is 0. The number of ether oxygens (including phenoxy) is 1. The van der Waals surface area contributed by atoms with Gasteiger partial charge in [0.25, 0.3) is 0 Å². The van der Waals surface area contributed by atoms with Crippen LogP contribution in [-0.4, -0.2) is 51.1 Å². The van der Waals surface area contributed by atoms with Crippen molar-refractivity contribution in [2.24, 2.45) is 0 Å². The lowest BCUT2D eigenvalue weighted by Gasteiger charge is -2.42. The highest BCUT2D eigenvalue weighted by atomic mass is 16.6. The molecular weight excluding hydrogens is 398 g/mol. The molecule has 0 spiro atoms. The molecule has 0 radical (unpaired) electrons. The molecular formula is C23H37N3O5. The lowest BCUT2D eigenvalue weighted by atomic mass is 9.95. The Labute approximate surface area is 185 Å². The predicted octanol–water partition coefficient (Wildman–Crippen LogP) is 3.50. The topological polar surface area (TPSA) is 108 Å². The Kier molecular flexibility index (Phi) is 8.49. The Balaban J connectivity index is 3.37. The highest BCUT2D eigenvalue weighted by Crippen LogP contribution is 2.31. The maximum atomic E-state index is 13.5. The van der Waals surface area contributed by atoms with Gasteiger partial charge in [-0.05, 0) is 80.0 Å². The normalized spacial score (nSPS) is 13.9. The maximum Gasteiger partial charge on any atom is 0.408 e. The van der Waals surface area contributed by atoms with Gasteiger partial charge in [0, 0.05) is 11.6 Å². The molecule has 0 heterocycles. The van der Waals surface area contributed by atoms with Gasteiger partial charge in [-0.3, -0.25) is 9.59 Å². The molecule has 0 aliphatic carbocycles. The average Bonchev–Trinajstić information content (AvgIpc) is 2.55. The van der Waals surface area contributed by atoms with Crippen LogP contribution in [0, 0.1) is 0 Å². The van der Waals surface area contributed by atoms with Crippen molar-refractivity contribution in [1.82, 2.24) is 15.5 Å². The van der Waals surface area contributed by atoms with Gasteiger partial charge in [0.05, 0.1) is 0 Å². The second kappa shape index (κ2) is 10.0. The molecule has 2 atom stereocenters. The third-order valence-corrected chi connectivity index (χ3v) is 4.19. The number of hydrogen-bond acceptors (Lipinski definition) is 5. The minimum atomic E-state index is -1.01. The van der Waals surface area contributed by atoms with Crippen LogP contribution in [0.5, 0.6) is 5.75 Å². The molecule has 1 aromatic carbocycles. The molecule has 0 fully saturated rings. The lowest BCUT2D eigenvalue weighted by molar-refractivity contribution is -0.148. The van der Waals surface area contributed by atoms with E-state index in [-0.39, 0.29) is 17.7 Å². The Morgan fingerprint density at radius 2 is 1.58 bits per heavy atom. The first-order valence-corrected chi connectivity index (χ1v) is 10.4. The molecule has 174 valence electrons. The van der Waals surface area contributed by atoms with Crippen LogP contribution in [-0.2, 0) is 14.3 Å². The fourth-order valence-electron chi connectivity index (χ4n) is 3.08. The number of amides is 3. The van der Waals surface area contributed by atoms with Gasteiger partial charge in [0.1, 0.15) is 23.4 Å². The monoisotopic (exact) mass is 435 g/mol. The van der Waals surface area contributed by atoms with Gasteiger partial charge in [-0.2, -0.15) is 0 Å². The standard InChI is InChI=1S/C23H37N3O5/c1-14(2)24-19(28)18(16-11-10-12-17(27)13-16)26(22(4,5)6)20(29)15(3)25-21(30)31-23(7,8)9/h10-15,18,27H,1-9H3,(H,24,28)(H,25,30). The van der Waals surface area contributed by atoms with E-state index in [1.54, 1.807) is 39.8 Å². The van der Waals surface area contributed by atoms with Crippen LogP contribution in [0.2, 0.25) is 0 Å². The van der Waals surface area contributed by atoms with Gasteiger partial charge in [-0.1, -0.05) is 12.1 Å². The van der Waals surface area contributed by atoms with Crippen molar-refractivity contribution in [3.05, 3.63) is 29.8 Å². The smallest absolute Gasteiger partial charge is 0.408 e. The van der Waals surface area contributed by atoms with Crippen LogP contribution in [0.1, 0.15) is 73.9 Å². The number of alkyl carbamates (subject to hydrolysis) is 1. The maximum absolute atomic E-state index is 13.5. The number of phenolic OH excluding ortho intramolecular Hbond substituents is 1. The Morgan fingerprint density at radius 3 is 2.03 bits per heavy atom. The Bertz CT molecular complexity index is 793. The van der Waals surface area contributed by atoms with E-state index in [1.165, 1.54) is 17.0 Å². The molecule has 1 rings (SSSR count). The summed E-state index contributed by atoms with van der Waals surface area (Å²) >= 11 is 0. The van der Waals surface area contributed by atoms with Crippen molar-refractivity contribution in [3.63, 3.8) is 0 Å². The molecule has 0 saturated heterocycles. The number of carbonyl (C=O) groups excluding carboxylic acids is 3. The van der Waals surface area contributed by atoms with Crippen molar-refractivity contribution in [3.8, 4) is 5.75 Å². The van der Waals surface area contributed by atoms with Crippen molar-refractivity contribution in [2.45, 2.75) is 91.6 Å². The first-order chi connectivity index (χ1) is 14.0. The van der Waals surface area contributed by atoms with Crippen LogP contribution in [0.25, 0.3) is 0 Å². The summed E-state index contributed by atoms with van der Waals surface area (Å²) < 4.78 is 5.25. The first kappa shape index (κ1) is 26.3. The molecule has 31 heavy (non-hydrogen) atoms. The van der Waals surface area contributed by atoms with Gasteiger partial charge in [-0.15, -0.1) is 0 Å². The molecule has 0 aromatic heterocycles. The summed E-state index contributed by atoms with van der Waals surface area (Å²) in [6.45, 7) is 15.8. The molecule has 8 heteroatoms. The molecule has 0 aliphatic rings. The third-order valence-electron chi connectivity index (χ3n) is 4.19. The number of aromatic hydroxyl groups is 1. The van der Waals surface area contributed by atoms with Crippen LogP contribution < -0.4 is 10.6 Å². The van der Waals surface area contributed by atoms with Crippen LogP contribution in [0.4, 0.5) is 4.79 Å². The summed E-state index contributed by atoms with van der Waals surface area (Å²) in [5.41, 5.74) is -1.02. The van der Waals surface area contributed by atoms with Gasteiger partial charge in [-0.25, -0.2) is 4.79 Å². The van der Waals surface area contributed by atoms with E-state index in [2.05, 4.69) is 10.6 Å². The Morgan fingerprint density at radius 1 is 1.00 bits per heavy atom. The number of benzene rings is 1. The summed E-state index contributed by atoms with van der Waals surface area (Å²) in [6, 6.07) is 4.16. The molecule has 3 N–H and O–H groups in total. The zero-order valence-electron chi connectivity index (χ0n) is 20.1. The molecule has 3 amide bonds. The number of hydrogen-bond donors (Lipinski definition) is 3. The van der Waals surface area contributed by atoms with E-state index in [4.69, 9.17) is 4.74 Å². The molecule has 0 bridgehead atoms. The number of carbonyl (C=O) groups is 3. The van der Waals surface area contributed by atoms with Crippen LogP contribution in [0.15, 0.2) is 24.3 Å². The van der Waals surface area contributed by atoms with Crippen molar-refractivity contribution in [2.75, 3.05) is 0 Å². The number of nitrogens with one attached hydrogen (secondary N) is 2. The average molecular weight is 436 g/mol. The van der Waals surface area contributed by atoms with Crippen molar-refractivity contribution in [1.29, 1.82) is 0 Å². The molecule has 8 nitrogen and oxygen atoms in total. The van der Waals surface area contributed by atoms with E-state index in [9.17, 15) is 19.5 Å². The fraction of sp³-hybridized carbons (Fsp3) is 0.609. The lowest BCUT2D eigenvalue weighted by Crippen LogP contribution is -2.58. The van der Waals surface area contributed by atoms with Crippen LogP contribution in [0.3, 0.4) is 0 Å². The van der Waals surface area contributed by atoms with Crippen molar-refractivity contribution >= 4 is 17.9 Å². The minimum Gasteiger partial charge on any atom is -0.508 e. The third kappa shape index (κ3) is 8.11. The molecule has 0 saturated carbocycles. The van der Waals surface area contributed by atoms with Gasteiger partial charge >= 0.3 is 6.09 Å². The first-order valence-electron chi connectivity index (χ1n) is 10.4. The van der Waals surface area contributed by atoms with Gasteiger partial charge in [0.2, 0.25) is 11.8 Å². The Hall–Kier alpha value is -2.77. The summed E-state index contributed by atoms with van der Waals surface area (Å²) in [4.78, 5) is 40.3. The zero-order chi connectivity index (χ0) is 24.1. The second-order valence-corrected chi connectivity index (χ2v) is 9.91. The summed E-state index contributed by atoms with van der Waals surface area (Å²) in [6.07, 6.45) is -0.720. The second-order valence-electron chi connectivity index (χ2n) is 9.91. The fourth-order valence-corrected chi connectivity index (χ4v) is 3.08. The molecule has 2 unspecified atom stereocenters. The molecule has 1 aromatic rings. The predicted molar refractivity (Wildman–Crippen MR) is 120 cm³/mol. The van der Waals surface area contributed by atoms with Gasteiger partial charge in [0.15, 0.2) is 0 Å². The SMILES string of the molecule is CC(C)NC(=O)C(c1cccc(O)c1)N(C(=O)C(C)NC(=O)OC(C)(C)C)C(C)(C)C. The summed E-state index contributed by atoms with van der Waals surface area (Å²) in [5, 5.41) is 15.4. The number of nitrogens with zero attached hydrogens (tertiary/aromatic N) is 1.